The third-order valence-corrected chi connectivity index (χ3v) is 3.87. The van der Waals surface area contributed by atoms with E-state index in [0.717, 1.165) is 12.0 Å². The molecule has 2 aromatic heterocycles. The van der Waals surface area contributed by atoms with Gasteiger partial charge in [0.15, 0.2) is 0 Å². The molecule has 0 bridgehead atoms. The van der Waals surface area contributed by atoms with E-state index < -0.39 is 0 Å². The zero-order valence-electron chi connectivity index (χ0n) is 11.9. The summed E-state index contributed by atoms with van der Waals surface area (Å²) in [6.07, 6.45) is 2.44. The summed E-state index contributed by atoms with van der Waals surface area (Å²) in [6.45, 7) is 2.77. The summed E-state index contributed by atoms with van der Waals surface area (Å²) in [6, 6.07) is 4.57. The number of rotatable bonds is 7. The van der Waals surface area contributed by atoms with Crippen molar-refractivity contribution in [2.24, 2.45) is 0 Å². The van der Waals surface area contributed by atoms with Crippen molar-refractivity contribution >= 4 is 11.3 Å². The Morgan fingerprint density at radius 3 is 2.50 bits per heavy atom. The van der Waals surface area contributed by atoms with E-state index in [1.807, 2.05) is 0 Å². The lowest BCUT2D eigenvalue weighted by Crippen LogP contribution is -2.27. The van der Waals surface area contributed by atoms with Gasteiger partial charge in [0.25, 0.3) is 0 Å². The van der Waals surface area contributed by atoms with Gasteiger partial charge in [-0.3, -0.25) is 0 Å². The van der Waals surface area contributed by atoms with Gasteiger partial charge < -0.3 is 14.8 Å². The quantitative estimate of drug-likeness (QED) is 0.848. The first-order valence-corrected chi connectivity index (χ1v) is 7.30. The molecular formula is C14H19N3O2S. The lowest BCUT2D eigenvalue weighted by Gasteiger charge is -2.15. The lowest BCUT2D eigenvalue weighted by atomic mass is 10.2. The number of hydrogen-bond donors (Lipinski definition) is 1. The third kappa shape index (κ3) is 3.68. The van der Waals surface area contributed by atoms with Crippen LogP contribution in [0.2, 0.25) is 0 Å². The monoisotopic (exact) mass is 293 g/mol. The fourth-order valence-corrected chi connectivity index (χ4v) is 2.80. The van der Waals surface area contributed by atoms with Crippen molar-refractivity contribution in [3.05, 3.63) is 34.3 Å². The highest BCUT2D eigenvalue weighted by atomic mass is 32.1. The maximum absolute atomic E-state index is 5.26. The Morgan fingerprint density at radius 2 is 1.95 bits per heavy atom. The second kappa shape index (κ2) is 7.21. The first-order chi connectivity index (χ1) is 9.74. The van der Waals surface area contributed by atoms with E-state index >= 15 is 0 Å². The van der Waals surface area contributed by atoms with Gasteiger partial charge >= 0.3 is 0 Å². The minimum absolute atomic E-state index is 0.350. The highest BCUT2D eigenvalue weighted by Crippen LogP contribution is 2.23. The molecule has 2 rings (SSSR count). The normalized spacial score (nSPS) is 12.2. The molecule has 1 atom stereocenters. The van der Waals surface area contributed by atoms with E-state index in [0.29, 0.717) is 24.3 Å². The van der Waals surface area contributed by atoms with Gasteiger partial charge in [-0.05, 0) is 24.8 Å². The summed E-state index contributed by atoms with van der Waals surface area (Å²) in [5.41, 5.74) is 0.843. The summed E-state index contributed by atoms with van der Waals surface area (Å²) < 4.78 is 10.5. The molecular weight excluding hydrogens is 274 g/mol. The second-order valence-electron chi connectivity index (χ2n) is 4.44. The molecule has 0 aliphatic heterocycles. The highest BCUT2D eigenvalue weighted by molar-refractivity contribution is 7.09. The molecule has 0 spiro atoms. The number of ether oxygens (including phenoxy) is 2. The Balaban J connectivity index is 1.99. The number of nitrogens with zero attached hydrogens (tertiary/aromatic N) is 2. The molecule has 6 heteroatoms. The Morgan fingerprint density at radius 1 is 1.25 bits per heavy atom. The fraction of sp³-hybridized carbons (Fsp3) is 0.429. The van der Waals surface area contributed by atoms with Crippen LogP contribution in [0.1, 0.15) is 17.4 Å². The van der Waals surface area contributed by atoms with Crippen LogP contribution in [0.15, 0.2) is 23.8 Å². The van der Waals surface area contributed by atoms with E-state index in [-0.39, 0.29) is 0 Å². The van der Waals surface area contributed by atoms with Gasteiger partial charge in [-0.2, -0.15) is 0 Å². The van der Waals surface area contributed by atoms with Gasteiger partial charge in [-0.15, -0.1) is 11.3 Å². The predicted molar refractivity (Wildman–Crippen MR) is 79.5 cm³/mol. The molecule has 0 amide bonds. The zero-order valence-corrected chi connectivity index (χ0v) is 12.7. The number of aromatic nitrogens is 2. The van der Waals surface area contributed by atoms with Crippen LogP contribution in [0, 0.1) is 0 Å². The number of methoxy groups -OCH3 is 2. The average Bonchev–Trinajstić information content (AvgIpc) is 2.97. The Bertz CT molecular complexity index is 509. The van der Waals surface area contributed by atoms with Gasteiger partial charge in [0.2, 0.25) is 11.8 Å². The predicted octanol–water partition coefficient (Wildman–Crippen LogP) is 2.28. The van der Waals surface area contributed by atoms with Crippen molar-refractivity contribution in [3.63, 3.8) is 0 Å². The Kier molecular flexibility index (Phi) is 5.31. The molecule has 0 radical (unpaired) electrons. The number of nitrogens with one attached hydrogen (secondary N) is 1. The van der Waals surface area contributed by atoms with Crippen molar-refractivity contribution < 1.29 is 9.47 Å². The number of thiophene rings is 1. The van der Waals surface area contributed by atoms with Crippen LogP contribution in [-0.2, 0) is 13.0 Å². The maximum atomic E-state index is 5.26. The molecule has 0 aliphatic rings. The lowest BCUT2D eigenvalue weighted by molar-refractivity contribution is 0.357. The summed E-state index contributed by atoms with van der Waals surface area (Å²) in [5.74, 6) is 1.10. The summed E-state index contributed by atoms with van der Waals surface area (Å²) in [4.78, 5) is 9.59. The first-order valence-electron chi connectivity index (χ1n) is 6.42. The Hall–Kier alpha value is -1.66. The van der Waals surface area contributed by atoms with Gasteiger partial charge in [0, 0.05) is 17.5 Å². The van der Waals surface area contributed by atoms with Crippen LogP contribution in [0.3, 0.4) is 0 Å². The molecule has 108 valence electrons. The molecule has 20 heavy (non-hydrogen) atoms. The molecule has 2 heterocycles. The SMILES string of the molecule is COc1ncnc(OC)c1CNC(C)Cc1cccs1. The van der Waals surface area contributed by atoms with Crippen molar-refractivity contribution in [1.82, 2.24) is 15.3 Å². The largest absolute Gasteiger partial charge is 0.481 e. The van der Waals surface area contributed by atoms with Gasteiger partial charge in [0.05, 0.1) is 19.8 Å². The smallest absolute Gasteiger partial charge is 0.224 e. The van der Waals surface area contributed by atoms with Crippen LogP contribution in [0.4, 0.5) is 0 Å². The molecule has 1 unspecified atom stereocenters. The third-order valence-electron chi connectivity index (χ3n) is 2.97. The fourth-order valence-electron chi connectivity index (χ4n) is 1.96. The van der Waals surface area contributed by atoms with Crippen LogP contribution in [-0.4, -0.2) is 30.2 Å². The van der Waals surface area contributed by atoms with Gasteiger partial charge in [-0.1, -0.05) is 6.07 Å². The number of hydrogen-bond acceptors (Lipinski definition) is 6. The van der Waals surface area contributed by atoms with E-state index in [9.17, 15) is 0 Å². The highest BCUT2D eigenvalue weighted by Gasteiger charge is 2.14. The van der Waals surface area contributed by atoms with Crippen molar-refractivity contribution in [3.8, 4) is 11.8 Å². The molecule has 0 aromatic carbocycles. The summed E-state index contributed by atoms with van der Waals surface area (Å²) in [7, 11) is 3.20. The van der Waals surface area contributed by atoms with Gasteiger partial charge in [0.1, 0.15) is 6.33 Å². The van der Waals surface area contributed by atoms with Gasteiger partial charge in [-0.25, -0.2) is 9.97 Å². The van der Waals surface area contributed by atoms with E-state index in [2.05, 4.69) is 39.7 Å². The molecule has 0 saturated carbocycles. The zero-order chi connectivity index (χ0) is 14.4. The van der Waals surface area contributed by atoms with Crippen LogP contribution >= 0.6 is 11.3 Å². The second-order valence-corrected chi connectivity index (χ2v) is 5.47. The first kappa shape index (κ1) is 14.7. The summed E-state index contributed by atoms with van der Waals surface area (Å²) in [5, 5.41) is 5.55. The molecule has 0 aliphatic carbocycles. The van der Waals surface area contributed by atoms with Crippen molar-refractivity contribution in [2.75, 3.05) is 14.2 Å². The van der Waals surface area contributed by atoms with E-state index in [4.69, 9.17) is 9.47 Å². The van der Waals surface area contributed by atoms with Crippen molar-refractivity contribution in [2.45, 2.75) is 25.9 Å². The minimum atomic E-state index is 0.350. The Labute approximate surface area is 123 Å². The van der Waals surface area contributed by atoms with Crippen LogP contribution in [0.25, 0.3) is 0 Å². The molecule has 1 N–H and O–H groups in total. The molecule has 0 saturated heterocycles. The maximum Gasteiger partial charge on any atom is 0.224 e. The average molecular weight is 293 g/mol. The van der Waals surface area contributed by atoms with Crippen LogP contribution in [0.5, 0.6) is 11.8 Å². The minimum Gasteiger partial charge on any atom is -0.481 e. The molecule has 5 nitrogen and oxygen atoms in total. The molecule has 2 aromatic rings. The molecule has 0 fully saturated rings. The van der Waals surface area contributed by atoms with Crippen LogP contribution < -0.4 is 14.8 Å². The van der Waals surface area contributed by atoms with E-state index in [1.54, 1.807) is 25.6 Å². The standard InChI is InChI=1S/C14H19N3O2S/c1-10(7-11-5-4-6-20-11)15-8-12-13(18-2)16-9-17-14(12)19-3/h4-6,9-10,15H,7-8H2,1-3H3. The topological polar surface area (TPSA) is 56.3 Å². The summed E-state index contributed by atoms with van der Waals surface area (Å²) >= 11 is 1.77. The van der Waals surface area contributed by atoms with Crippen molar-refractivity contribution in [1.29, 1.82) is 0 Å². The van der Waals surface area contributed by atoms with E-state index in [1.165, 1.54) is 11.2 Å².